The molecule has 5 nitrogen and oxygen atoms in total. The molecule has 0 aliphatic heterocycles. The lowest BCUT2D eigenvalue weighted by molar-refractivity contribution is -0.172. The zero-order valence-electron chi connectivity index (χ0n) is 9.73. The molecule has 0 heterocycles. The summed E-state index contributed by atoms with van der Waals surface area (Å²) in [6.45, 7) is 6.38. The molecule has 0 aliphatic rings. The summed E-state index contributed by atoms with van der Waals surface area (Å²) in [7, 11) is 1.15. The number of hydrogen-bond acceptors (Lipinski definition) is 5. The molecule has 0 saturated carbocycles. The quantitative estimate of drug-likeness (QED) is 0.551. The zero-order valence-corrected chi connectivity index (χ0v) is 9.73. The Morgan fingerprint density at radius 1 is 1.20 bits per heavy atom. The minimum absolute atomic E-state index is 0.696. The second-order valence-electron chi connectivity index (χ2n) is 4.27. The molecule has 0 aliphatic carbocycles. The number of methoxy groups -OCH3 is 1. The van der Waals surface area contributed by atoms with E-state index in [1.165, 1.54) is 6.92 Å². The highest BCUT2D eigenvalue weighted by molar-refractivity contribution is 5.95. The van der Waals surface area contributed by atoms with Gasteiger partial charge in [0.2, 0.25) is 0 Å². The summed E-state index contributed by atoms with van der Waals surface area (Å²) in [5.74, 6) is -2.85. The van der Waals surface area contributed by atoms with E-state index >= 15 is 0 Å². The van der Waals surface area contributed by atoms with Crippen LogP contribution in [0.4, 0.5) is 0 Å². The van der Waals surface area contributed by atoms with E-state index in [2.05, 4.69) is 4.74 Å². The second kappa shape index (κ2) is 5.11. The van der Waals surface area contributed by atoms with Crippen LogP contribution in [0.1, 0.15) is 27.7 Å². The predicted octanol–water partition coefficient (Wildman–Crippen LogP) is 0.498. The van der Waals surface area contributed by atoms with Crippen molar-refractivity contribution in [2.75, 3.05) is 7.11 Å². The summed E-state index contributed by atoms with van der Waals surface area (Å²) in [5, 5.41) is 9.28. The zero-order chi connectivity index (χ0) is 12.2. The number of aliphatic hydroxyl groups is 1. The molecule has 0 bridgehead atoms. The van der Waals surface area contributed by atoms with Gasteiger partial charge >= 0.3 is 11.9 Å². The first-order chi connectivity index (χ1) is 6.69. The predicted molar refractivity (Wildman–Crippen MR) is 53.0 cm³/mol. The summed E-state index contributed by atoms with van der Waals surface area (Å²) in [4.78, 5) is 22.7. The number of hydrogen-bond donors (Lipinski definition) is 1. The van der Waals surface area contributed by atoms with Gasteiger partial charge in [0, 0.05) is 0 Å². The van der Waals surface area contributed by atoms with Crippen LogP contribution in [0.5, 0.6) is 0 Å². The molecular weight excluding hydrogens is 200 g/mol. The van der Waals surface area contributed by atoms with Crippen LogP contribution in [0.2, 0.25) is 0 Å². The monoisotopic (exact) mass is 218 g/mol. The van der Waals surface area contributed by atoms with Gasteiger partial charge in [-0.05, 0) is 27.7 Å². The molecule has 5 heteroatoms. The fourth-order valence-electron chi connectivity index (χ4n) is 0.982. The van der Waals surface area contributed by atoms with E-state index in [0.717, 1.165) is 7.11 Å². The molecule has 1 N–H and O–H groups in total. The van der Waals surface area contributed by atoms with Crippen LogP contribution in [-0.2, 0) is 19.1 Å². The Bertz CT molecular complexity index is 239. The lowest BCUT2D eigenvalue weighted by atomic mass is 10.0. The number of carbonyl (C=O) groups is 2. The summed E-state index contributed by atoms with van der Waals surface area (Å²) in [5.41, 5.74) is -0.696. The molecule has 0 amide bonds. The molecule has 0 spiro atoms. The average Bonchev–Trinajstić information content (AvgIpc) is 1.99. The number of aliphatic hydroxyl groups excluding tert-OH is 1. The highest BCUT2D eigenvalue weighted by Gasteiger charge is 2.35. The lowest BCUT2D eigenvalue weighted by Gasteiger charge is -2.23. The van der Waals surface area contributed by atoms with Crippen molar-refractivity contribution >= 4 is 11.9 Å². The van der Waals surface area contributed by atoms with Gasteiger partial charge in [0.25, 0.3) is 0 Å². The molecule has 0 saturated heterocycles. The van der Waals surface area contributed by atoms with E-state index in [9.17, 15) is 14.7 Å². The third-order valence-corrected chi connectivity index (χ3v) is 1.60. The van der Waals surface area contributed by atoms with Gasteiger partial charge in [-0.3, -0.25) is 9.59 Å². The molecule has 88 valence electrons. The highest BCUT2D eigenvalue weighted by Crippen LogP contribution is 2.15. The Balaban J connectivity index is 4.65. The van der Waals surface area contributed by atoms with E-state index in [-0.39, 0.29) is 0 Å². The van der Waals surface area contributed by atoms with Crippen molar-refractivity contribution in [3.05, 3.63) is 0 Å². The average molecular weight is 218 g/mol. The number of esters is 2. The van der Waals surface area contributed by atoms with Crippen molar-refractivity contribution in [3.8, 4) is 0 Å². The van der Waals surface area contributed by atoms with Crippen molar-refractivity contribution < 1.29 is 24.2 Å². The number of rotatable bonds is 3. The van der Waals surface area contributed by atoms with E-state index in [1.807, 2.05) is 0 Å². The van der Waals surface area contributed by atoms with E-state index in [4.69, 9.17) is 4.74 Å². The summed E-state index contributed by atoms with van der Waals surface area (Å²) >= 11 is 0. The van der Waals surface area contributed by atoms with Gasteiger partial charge in [-0.2, -0.15) is 0 Å². The molecule has 2 unspecified atom stereocenters. The molecule has 0 rings (SSSR count). The maximum Gasteiger partial charge on any atom is 0.323 e. The molecule has 0 aromatic carbocycles. The fraction of sp³-hybridized carbons (Fsp3) is 0.800. The first-order valence-electron chi connectivity index (χ1n) is 4.68. The van der Waals surface area contributed by atoms with Gasteiger partial charge in [0.15, 0.2) is 5.92 Å². The summed E-state index contributed by atoms with van der Waals surface area (Å²) in [6.07, 6.45) is -1.13. The van der Waals surface area contributed by atoms with Crippen LogP contribution in [0.15, 0.2) is 0 Å². The Morgan fingerprint density at radius 3 is 1.93 bits per heavy atom. The molecular formula is C10H18O5. The molecule has 0 aromatic rings. The van der Waals surface area contributed by atoms with Gasteiger partial charge in [-0.25, -0.2) is 0 Å². The van der Waals surface area contributed by atoms with E-state index in [0.29, 0.717) is 0 Å². The Labute approximate surface area is 89.4 Å². The van der Waals surface area contributed by atoms with Crippen molar-refractivity contribution in [1.82, 2.24) is 0 Å². The maximum absolute atomic E-state index is 11.5. The Morgan fingerprint density at radius 2 is 1.67 bits per heavy atom. The fourth-order valence-corrected chi connectivity index (χ4v) is 0.982. The molecule has 0 radical (unpaired) electrons. The van der Waals surface area contributed by atoms with Gasteiger partial charge in [-0.1, -0.05) is 0 Å². The minimum atomic E-state index is -1.28. The molecule has 2 atom stereocenters. The Kier molecular flexibility index (Phi) is 4.74. The number of carbonyl (C=O) groups excluding carboxylic acids is 2. The minimum Gasteiger partial charge on any atom is -0.468 e. The van der Waals surface area contributed by atoms with Gasteiger partial charge in [-0.15, -0.1) is 0 Å². The lowest BCUT2D eigenvalue weighted by Crippen LogP contribution is -2.39. The van der Waals surface area contributed by atoms with Gasteiger partial charge in [0.1, 0.15) is 5.60 Å². The summed E-state index contributed by atoms with van der Waals surface area (Å²) < 4.78 is 9.39. The van der Waals surface area contributed by atoms with Crippen molar-refractivity contribution in [2.24, 2.45) is 5.92 Å². The summed E-state index contributed by atoms with van der Waals surface area (Å²) in [6, 6.07) is 0. The first-order valence-corrected chi connectivity index (χ1v) is 4.68. The Hall–Kier alpha value is -1.10. The van der Waals surface area contributed by atoms with Crippen LogP contribution in [0.25, 0.3) is 0 Å². The van der Waals surface area contributed by atoms with Crippen molar-refractivity contribution in [3.63, 3.8) is 0 Å². The second-order valence-corrected chi connectivity index (χ2v) is 4.27. The SMILES string of the molecule is COC(=O)C(C(=O)OC(C)(C)C)C(C)O. The van der Waals surface area contributed by atoms with Crippen LogP contribution in [0, 0.1) is 5.92 Å². The van der Waals surface area contributed by atoms with Gasteiger partial charge in [0.05, 0.1) is 13.2 Å². The smallest absolute Gasteiger partial charge is 0.323 e. The van der Waals surface area contributed by atoms with Crippen LogP contribution in [0.3, 0.4) is 0 Å². The molecule has 0 fully saturated rings. The van der Waals surface area contributed by atoms with Crippen LogP contribution in [-0.4, -0.2) is 35.9 Å². The van der Waals surface area contributed by atoms with Crippen molar-refractivity contribution in [2.45, 2.75) is 39.4 Å². The van der Waals surface area contributed by atoms with Crippen molar-refractivity contribution in [1.29, 1.82) is 0 Å². The standard InChI is InChI=1S/C10H18O5/c1-6(11)7(8(12)14-5)9(13)15-10(2,3)4/h6-7,11H,1-5H3. The van der Waals surface area contributed by atoms with Gasteiger partial charge < -0.3 is 14.6 Å². The van der Waals surface area contributed by atoms with Crippen LogP contribution < -0.4 is 0 Å². The van der Waals surface area contributed by atoms with E-state index < -0.39 is 29.6 Å². The topological polar surface area (TPSA) is 72.8 Å². The molecule has 0 aromatic heterocycles. The highest BCUT2D eigenvalue weighted by atomic mass is 16.6. The molecule has 15 heavy (non-hydrogen) atoms. The normalized spacial score (nSPS) is 15.3. The third kappa shape index (κ3) is 4.78. The number of ether oxygens (including phenoxy) is 2. The largest absolute Gasteiger partial charge is 0.468 e. The maximum atomic E-state index is 11.5. The first kappa shape index (κ1) is 13.9. The third-order valence-electron chi connectivity index (χ3n) is 1.60. The van der Waals surface area contributed by atoms with Crippen LogP contribution >= 0.6 is 0 Å². The van der Waals surface area contributed by atoms with E-state index in [1.54, 1.807) is 20.8 Å².